The lowest BCUT2D eigenvalue weighted by atomic mass is 9.51. The van der Waals surface area contributed by atoms with Gasteiger partial charge in [0.1, 0.15) is 11.6 Å². The zero-order valence-corrected chi connectivity index (χ0v) is 15.1. The number of allylic oxidation sites excluding steroid dienone is 1. The highest BCUT2D eigenvalue weighted by Crippen LogP contribution is 2.61. The lowest BCUT2D eigenvalue weighted by Crippen LogP contribution is -2.53. The highest BCUT2D eigenvalue weighted by Gasteiger charge is 2.61. The largest absolute Gasteiger partial charge is 0.347 e. The van der Waals surface area contributed by atoms with E-state index in [4.69, 9.17) is 9.47 Å². The summed E-state index contributed by atoms with van der Waals surface area (Å²) < 4.78 is 11.8. The number of hydrogen-bond acceptors (Lipinski definition) is 4. The molecule has 1 spiro atoms. The zero-order chi connectivity index (χ0) is 17.2. The van der Waals surface area contributed by atoms with Gasteiger partial charge in [0.05, 0.1) is 13.2 Å². The Balaban J connectivity index is 1.47. The average Bonchev–Trinajstić information content (AvgIpc) is 3.20. The molecule has 0 N–H and O–H groups in total. The van der Waals surface area contributed by atoms with E-state index in [9.17, 15) is 9.59 Å². The van der Waals surface area contributed by atoms with Crippen LogP contribution in [0.2, 0.25) is 0 Å². The number of carbonyl (C=O) groups excluding carboxylic acids is 2. The first-order chi connectivity index (χ1) is 12.1. The van der Waals surface area contributed by atoms with Gasteiger partial charge in [-0.05, 0) is 43.4 Å². The summed E-state index contributed by atoms with van der Waals surface area (Å²) in [5, 5.41) is 0. The summed E-state index contributed by atoms with van der Waals surface area (Å²) in [4.78, 5) is 25.8. The molecule has 1 aliphatic heterocycles. The second-order valence-corrected chi connectivity index (χ2v) is 8.86. The second-order valence-electron chi connectivity index (χ2n) is 8.86. The first kappa shape index (κ1) is 16.2. The van der Waals surface area contributed by atoms with Crippen LogP contribution in [0.15, 0.2) is 11.6 Å². The van der Waals surface area contributed by atoms with Gasteiger partial charge >= 0.3 is 0 Å². The third kappa shape index (κ3) is 2.13. The number of rotatable bonds is 1. The van der Waals surface area contributed by atoms with Crippen LogP contribution in [0, 0.1) is 29.1 Å². The first-order valence-electron chi connectivity index (χ1n) is 10.1. The van der Waals surface area contributed by atoms with E-state index >= 15 is 0 Å². The molecule has 0 bridgehead atoms. The lowest BCUT2D eigenvalue weighted by molar-refractivity contribution is -0.177. The molecule has 0 radical (unpaired) electrons. The molecule has 5 aliphatic rings. The molecule has 5 rings (SSSR count). The highest BCUT2D eigenvalue weighted by atomic mass is 16.7. The molecule has 5 unspecified atom stereocenters. The molecule has 25 heavy (non-hydrogen) atoms. The molecule has 4 nitrogen and oxygen atoms in total. The van der Waals surface area contributed by atoms with Crippen LogP contribution in [0.1, 0.15) is 58.3 Å². The molecule has 3 saturated carbocycles. The third-order valence-corrected chi connectivity index (χ3v) is 8.10. The van der Waals surface area contributed by atoms with Crippen molar-refractivity contribution < 1.29 is 19.1 Å². The van der Waals surface area contributed by atoms with Gasteiger partial charge in [-0.1, -0.05) is 18.6 Å². The fourth-order valence-corrected chi connectivity index (χ4v) is 6.96. The Hall–Kier alpha value is -1.00. The molecule has 0 amide bonds. The Bertz CT molecular complexity index is 644. The number of carbonyl (C=O) groups is 2. The Morgan fingerprint density at radius 1 is 1.16 bits per heavy atom. The fourth-order valence-electron chi connectivity index (χ4n) is 6.96. The molecule has 4 aliphatic carbocycles. The predicted molar refractivity (Wildman–Crippen MR) is 91.7 cm³/mol. The van der Waals surface area contributed by atoms with Crippen molar-refractivity contribution in [3.63, 3.8) is 0 Å². The molecule has 4 fully saturated rings. The summed E-state index contributed by atoms with van der Waals surface area (Å²) in [5.41, 5.74) is 1.05. The van der Waals surface area contributed by atoms with Crippen LogP contribution in [0.25, 0.3) is 0 Å². The van der Waals surface area contributed by atoms with E-state index in [1.54, 1.807) is 0 Å². The van der Waals surface area contributed by atoms with Gasteiger partial charge in [-0.3, -0.25) is 9.59 Å². The Morgan fingerprint density at radius 3 is 2.72 bits per heavy atom. The summed E-state index contributed by atoms with van der Waals surface area (Å²) in [7, 11) is 0. The van der Waals surface area contributed by atoms with Gasteiger partial charge < -0.3 is 9.47 Å². The Morgan fingerprint density at radius 2 is 1.96 bits per heavy atom. The average molecular weight is 344 g/mol. The maximum Gasteiger partial charge on any atom is 0.172 e. The maximum atomic E-state index is 13.2. The zero-order valence-electron chi connectivity index (χ0n) is 15.1. The maximum absolute atomic E-state index is 13.2. The number of Topliss-reactive ketones (excluding diaryl/α,β-unsaturated/α-hetero) is 2. The molecule has 0 aromatic heterocycles. The van der Waals surface area contributed by atoms with Crippen LogP contribution in [0.3, 0.4) is 0 Å². The molecule has 0 aromatic carbocycles. The molecular formula is C21H28O4. The molecular weight excluding hydrogens is 316 g/mol. The van der Waals surface area contributed by atoms with E-state index < -0.39 is 5.79 Å². The highest BCUT2D eigenvalue weighted by molar-refractivity contribution is 5.95. The SMILES string of the molecule is CCC12CC(=O)C3C4CCC5(CC4=CCC3C1CCC2=O)OCCO5. The van der Waals surface area contributed by atoms with Crippen LogP contribution in [0.5, 0.6) is 0 Å². The summed E-state index contributed by atoms with van der Waals surface area (Å²) in [6, 6.07) is 0. The minimum Gasteiger partial charge on any atom is -0.347 e. The minimum atomic E-state index is -0.413. The predicted octanol–water partition coefficient (Wildman–Crippen LogP) is 3.44. The molecule has 4 heteroatoms. The van der Waals surface area contributed by atoms with Crippen molar-refractivity contribution in [2.24, 2.45) is 29.1 Å². The minimum absolute atomic E-state index is 0.134. The Labute approximate surface area is 149 Å². The van der Waals surface area contributed by atoms with Crippen molar-refractivity contribution in [1.29, 1.82) is 0 Å². The van der Waals surface area contributed by atoms with Crippen molar-refractivity contribution >= 4 is 11.6 Å². The van der Waals surface area contributed by atoms with E-state index in [1.807, 2.05) is 0 Å². The van der Waals surface area contributed by atoms with Gasteiger partial charge in [0.15, 0.2) is 5.79 Å². The van der Waals surface area contributed by atoms with Gasteiger partial charge in [-0.2, -0.15) is 0 Å². The van der Waals surface area contributed by atoms with Crippen LogP contribution in [-0.4, -0.2) is 30.6 Å². The monoisotopic (exact) mass is 344 g/mol. The van der Waals surface area contributed by atoms with Gasteiger partial charge in [0.25, 0.3) is 0 Å². The smallest absolute Gasteiger partial charge is 0.172 e. The van der Waals surface area contributed by atoms with Crippen molar-refractivity contribution in [1.82, 2.24) is 0 Å². The van der Waals surface area contributed by atoms with Gasteiger partial charge in [0, 0.05) is 37.0 Å². The lowest BCUT2D eigenvalue weighted by Gasteiger charge is -2.52. The second kappa shape index (κ2) is 5.50. The van der Waals surface area contributed by atoms with Gasteiger partial charge in [-0.15, -0.1) is 0 Å². The fraction of sp³-hybridized carbons (Fsp3) is 0.810. The van der Waals surface area contributed by atoms with Crippen LogP contribution in [-0.2, 0) is 19.1 Å². The standard InChI is InChI=1S/C21H28O4/c1-2-20-12-17(22)19-14-7-8-21(24-9-10-25-21)11-13(14)3-4-15(19)16(20)5-6-18(20)23/h3,14-16,19H,2,4-12H2,1H3. The number of hydrogen-bond donors (Lipinski definition) is 0. The van der Waals surface area contributed by atoms with E-state index in [0.717, 1.165) is 38.5 Å². The van der Waals surface area contributed by atoms with Gasteiger partial charge in [0.2, 0.25) is 0 Å². The van der Waals surface area contributed by atoms with Crippen LogP contribution < -0.4 is 0 Å². The van der Waals surface area contributed by atoms with Crippen LogP contribution in [0.4, 0.5) is 0 Å². The van der Waals surface area contributed by atoms with Crippen molar-refractivity contribution in [3.8, 4) is 0 Å². The summed E-state index contributed by atoms with van der Waals surface area (Å²) in [6.07, 6.45) is 9.04. The summed E-state index contributed by atoms with van der Waals surface area (Å²) >= 11 is 0. The quantitative estimate of drug-likeness (QED) is 0.684. The van der Waals surface area contributed by atoms with E-state index in [0.29, 0.717) is 55.4 Å². The molecule has 136 valence electrons. The first-order valence-corrected chi connectivity index (χ1v) is 10.1. The molecule has 1 heterocycles. The van der Waals surface area contributed by atoms with E-state index in [1.165, 1.54) is 5.57 Å². The van der Waals surface area contributed by atoms with E-state index in [-0.39, 0.29) is 11.3 Å². The summed E-state index contributed by atoms with van der Waals surface area (Å²) in [6.45, 7) is 3.48. The molecule has 5 atom stereocenters. The third-order valence-electron chi connectivity index (χ3n) is 8.10. The normalized spacial score (nSPS) is 45.1. The molecule has 1 saturated heterocycles. The summed E-state index contributed by atoms with van der Waals surface area (Å²) in [5.74, 6) is 1.59. The number of fused-ring (bicyclic) bond motifs is 5. The van der Waals surface area contributed by atoms with Crippen molar-refractivity contribution in [2.75, 3.05) is 13.2 Å². The number of ketones is 2. The van der Waals surface area contributed by atoms with Gasteiger partial charge in [-0.25, -0.2) is 0 Å². The van der Waals surface area contributed by atoms with E-state index in [2.05, 4.69) is 13.0 Å². The Kier molecular flexibility index (Phi) is 3.56. The van der Waals surface area contributed by atoms with Crippen molar-refractivity contribution in [2.45, 2.75) is 64.1 Å². The number of ether oxygens (including phenoxy) is 2. The molecule has 0 aromatic rings. The van der Waals surface area contributed by atoms with Crippen molar-refractivity contribution in [3.05, 3.63) is 11.6 Å². The topological polar surface area (TPSA) is 52.6 Å². The van der Waals surface area contributed by atoms with Crippen LogP contribution >= 0.6 is 0 Å².